The van der Waals surface area contributed by atoms with E-state index in [-0.39, 0.29) is 24.9 Å². The number of allylic oxidation sites excluding steroid dienone is 9. The highest BCUT2D eigenvalue weighted by molar-refractivity contribution is 7.45. The summed E-state index contributed by atoms with van der Waals surface area (Å²) in [7, 11) is 1.19. The van der Waals surface area contributed by atoms with Gasteiger partial charge in [-0.25, -0.2) is 0 Å². The molecule has 0 aromatic carbocycles. The maximum Gasteiger partial charge on any atom is 0.306 e. The first-order chi connectivity index (χ1) is 41.4. The van der Waals surface area contributed by atoms with Gasteiger partial charge in [0.1, 0.15) is 19.3 Å². The molecule has 0 heterocycles. The lowest BCUT2D eigenvalue weighted by molar-refractivity contribution is -0.870. The Labute approximate surface area is 528 Å². The van der Waals surface area contributed by atoms with E-state index in [1.807, 2.05) is 33.3 Å². The highest BCUT2D eigenvalue weighted by Gasteiger charge is 2.27. The lowest BCUT2D eigenvalue weighted by Crippen LogP contribution is -2.47. The van der Waals surface area contributed by atoms with Crippen LogP contribution in [0.2, 0.25) is 0 Å². The number of amides is 1. The van der Waals surface area contributed by atoms with Crippen LogP contribution in [0.4, 0.5) is 0 Å². The van der Waals surface area contributed by atoms with Gasteiger partial charge in [-0.1, -0.05) is 307 Å². The van der Waals surface area contributed by atoms with Crippen LogP contribution in [0.3, 0.4) is 0 Å². The number of esters is 1. The molecule has 0 radical (unpaired) electrons. The summed E-state index contributed by atoms with van der Waals surface area (Å²) in [6.45, 7) is 6.85. The number of quaternary nitrogens is 1. The summed E-state index contributed by atoms with van der Waals surface area (Å²) in [5, 5.41) is 3.05. The SMILES string of the molecule is CCCCC/C=C\C/C=C\C/C=C\CCCCCCCCC(=O)OC(/C=C\CCCCCCCCCCCCC)C(COP(=O)([O-])OCC[N+](C)(C)C)NC(=O)CCCCCCCCCCCCCCCCCCC/C=C/CCCCCCCC. The Bertz CT molecular complexity index is 1640. The number of unbranched alkanes of at least 4 members (excludes halogenated alkanes) is 43. The molecule has 0 saturated heterocycles. The zero-order chi connectivity index (χ0) is 62.1. The summed E-state index contributed by atoms with van der Waals surface area (Å²) in [5.41, 5.74) is 0. The number of carbonyl (C=O) groups is 2. The minimum atomic E-state index is -4.71. The number of nitrogens with zero attached hydrogens (tertiary/aromatic N) is 1. The fourth-order valence-electron chi connectivity index (χ4n) is 10.8. The Hall–Kier alpha value is -2.29. The van der Waals surface area contributed by atoms with Gasteiger partial charge in [-0.15, -0.1) is 0 Å². The molecule has 1 N–H and O–H groups in total. The molecule has 1 amide bonds. The van der Waals surface area contributed by atoms with Crippen molar-refractivity contribution in [3.63, 3.8) is 0 Å². The second kappa shape index (κ2) is 64.7. The van der Waals surface area contributed by atoms with Crippen LogP contribution in [0, 0.1) is 0 Å². The van der Waals surface area contributed by atoms with Crippen molar-refractivity contribution in [2.45, 2.75) is 367 Å². The molecular formula is C75H141N2O7P. The van der Waals surface area contributed by atoms with Gasteiger partial charge in [-0.3, -0.25) is 14.2 Å². The highest BCUT2D eigenvalue weighted by atomic mass is 31.2. The van der Waals surface area contributed by atoms with Gasteiger partial charge in [0.25, 0.3) is 7.82 Å². The average Bonchev–Trinajstić information content (AvgIpc) is 3.50. The van der Waals surface area contributed by atoms with Gasteiger partial charge in [-0.2, -0.15) is 0 Å². The second-order valence-corrected chi connectivity index (χ2v) is 27.5. The fraction of sp³-hybridized carbons (Fsp3) is 0.840. The number of phosphoric acid groups is 1. The first-order valence-corrected chi connectivity index (χ1v) is 38.1. The van der Waals surface area contributed by atoms with Crippen molar-refractivity contribution in [1.82, 2.24) is 5.32 Å². The summed E-state index contributed by atoms with van der Waals surface area (Å²) in [6, 6.07) is -0.895. The molecule has 498 valence electrons. The summed E-state index contributed by atoms with van der Waals surface area (Å²) in [4.78, 5) is 40.2. The summed E-state index contributed by atoms with van der Waals surface area (Å²) in [5.74, 6) is -0.541. The third-order valence-electron chi connectivity index (χ3n) is 16.4. The molecule has 3 unspecified atom stereocenters. The van der Waals surface area contributed by atoms with Crippen LogP contribution in [0.1, 0.15) is 355 Å². The Balaban J connectivity index is 5.04. The van der Waals surface area contributed by atoms with Crippen molar-refractivity contribution in [3.8, 4) is 0 Å². The second-order valence-electron chi connectivity index (χ2n) is 26.1. The zero-order valence-electron chi connectivity index (χ0n) is 57.1. The van der Waals surface area contributed by atoms with E-state index in [1.54, 1.807) is 0 Å². The van der Waals surface area contributed by atoms with E-state index in [0.29, 0.717) is 17.4 Å². The molecule has 9 nitrogen and oxygen atoms in total. The Morgan fingerprint density at radius 1 is 0.412 bits per heavy atom. The number of hydrogen-bond acceptors (Lipinski definition) is 7. The molecule has 0 aliphatic heterocycles. The van der Waals surface area contributed by atoms with Gasteiger partial charge in [0.15, 0.2) is 0 Å². The van der Waals surface area contributed by atoms with E-state index in [2.05, 4.69) is 74.7 Å². The third kappa shape index (κ3) is 66.0. The van der Waals surface area contributed by atoms with Gasteiger partial charge in [0.05, 0.1) is 33.8 Å². The largest absolute Gasteiger partial charge is 0.756 e. The molecule has 3 atom stereocenters. The van der Waals surface area contributed by atoms with Crippen molar-refractivity contribution in [2.24, 2.45) is 0 Å². The molecular weight excluding hydrogens is 1070 g/mol. The fourth-order valence-corrected chi connectivity index (χ4v) is 11.5. The first kappa shape index (κ1) is 82.7. The van der Waals surface area contributed by atoms with Gasteiger partial charge in [0.2, 0.25) is 5.91 Å². The average molecular weight is 1210 g/mol. The van der Waals surface area contributed by atoms with E-state index in [0.717, 1.165) is 83.5 Å². The number of hydrogen-bond donors (Lipinski definition) is 1. The van der Waals surface area contributed by atoms with Crippen LogP contribution in [0.5, 0.6) is 0 Å². The number of likely N-dealkylation sites (N-methyl/N-ethyl adjacent to an activating group) is 1. The third-order valence-corrected chi connectivity index (χ3v) is 17.4. The van der Waals surface area contributed by atoms with E-state index >= 15 is 0 Å². The van der Waals surface area contributed by atoms with E-state index in [4.69, 9.17) is 13.8 Å². The zero-order valence-corrected chi connectivity index (χ0v) is 58.0. The molecule has 0 aromatic heterocycles. The topological polar surface area (TPSA) is 114 Å². The summed E-state index contributed by atoms with van der Waals surface area (Å²) < 4.78 is 30.5. The monoisotopic (exact) mass is 1210 g/mol. The maximum atomic E-state index is 13.6. The first-order valence-electron chi connectivity index (χ1n) is 36.6. The molecule has 0 aliphatic carbocycles. The molecule has 0 fully saturated rings. The molecule has 0 spiro atoms. The standard InChI is InChI=1S/C75H141N2O7P/c1-7-10-13-16-19-22-25-28-30-32-34-35-36-37-38-39-40-41-43-44-46-49-52-55-58-61-64-67-74(78)76-72(71-83-85(80,81)82-70-69-77(4,5)6)73(66-63-60-57-54-51-48-27-24-21-18-15-12-9-3)84-75(79)68-65-62-59-56-53-50-47-45-42-33-31-29-26-23-20-17-14-11-8-2/h20,23,28-31,42,45,63,66,72-73H,7-19,21-22,24-27,32-41,43-44,46-62,64-65,67-71H2,1-6H3,(H-,76,78,80,81)/b23-20-,30-28+,31-29-,45-42-,66-63-. The van der Waals surface area contributed by atoms with Gasteiger partial charge < -0.3 is 28.5 Å². The predicted molar refractivity (Wildman–Crippen MR) is 367 cm³/mol. The minimum absolute atomic E-state index is 0.0242. The number of rotatable bonds is 67. The Morgan fingerprint density at radius 2 is 0.718 bits per heavy atom. The molecule has 0 saturated carbocycles. The van der Waals surface area contributed by atoms with E-state index in [9.17, 15) is 19.0 Å². The van der Waals surface area contributed by atoms with E-state index in [1.165, 1.54) is 238 Å². The van der Waals surface area contributed by atoms with Crippen molar-refractivity contribution in [3.05, 3.63) is 60.8 Å². The molecule has 10 heteroatoms. The number of nitrogens with one attached hydrogen (secondary N) is 1. The summed E-state index contributed by atoms with van der Waals surface area (Å²) >= 11 is 0. The molecule has 0 aromatic rings. The maximum absolute atomic E-state index is 13.6. The van der Waals surface area contributed by atoms with Crippen LogP contribution < -0.4 is 10.2 Å². The Morgan fingerprint density at radius 3 is 1.11 bits per heavy atom. The van der Waals surface area contributed by atoms with Crippen molar-refractivity contribution >= 4 is 19.7 Å². The number of ether oxygens (including phenoxy) is 1. The lowest BCUT2D eigenvalue weighted by Gasteiger charge is -2.30. The van der Waals surface area contributed by atoms with Crippen LogP contribution in [0.25, 0.3) is 0 Å². The smallest absolute Gasteiger partial charge is 0.306 e. The van der Waals surface area contributed by atoms with E-state index < -0.39 is 26.6 Å². The molecule has 85 heavy (non-hydrogen) atoms. The molecule has 0 rings (SSSR count). The number of phosphoric ester groups is 1. The van der Waals surface area contributed by atoms with Crippen molar-refractivity contribution < 1.29 is 37.3 Å². The van der Waals surface area contributed by atoms with Crippen LogP contribution in [-0.2, 0) is 27.9 Å². The number of carbonyl (C=O) groups excluding carboxylic acids is 2. The summed E-state index contributed by atoms with van der Waals surface area (Å²) in [6.07, 6.45) is 83.5. The highest BCUT2D eigenvalue weighted by Crippen LogP contribution is 2.38. The molecule has 0 bridgehead atoms. The van der Waals surface area contributed by atoms with Gasteiger partial charge >= 0.3 is 5.97 Å². The van der Waals surface area contributed by atoms with Crippen LogP contribution in [0.15, 0.2) is 60.8 Å². The van der Waals surface area contributed by atoms with Crippen molar-refractivity contribution in [2.75, 3.05) is 40.9 Å². The van der Waals surface area contributed by atoms with Crippen LogP contribution >= 0.6 is 7.82 Å². The lowest BCUT2D eigenvalue weighted by atomic mass is 10.0. The van der Waals surface area contributed by atoms with Crippen molar-refractivity contribution in [1.29, 1.82) is 0 Å². The normalized spacial score (nSPS) is 13.8. The quantitative estimate of drug-likeness (QED) is 0.0212. The van der Waals surface area contributed by atoms with Crippen LogP contribution in [-0.4, -0.2) is 69.4 Å². The minimum Gasteiger partial charge on any atom is -0.756 e. The van der Waals surface area contributed by atoms with Gasteiger partial charge in [0, 0.05) is 12.8 Å². The predicted octanol–water partition coefficient (Wildman–Crippen LogP) is 22.7. The molecule has 0 aliphatic rings. The Kier molecular flexibility index (Phi) is 62.9. The van der Waals surface area contributed by atoms with Gasteiger partial charge in [-0.05, 0) is 96.0 Å².